The first kappa shape index (κ1) is 11.3. The van der Waals surface area contributed by atoms with Gasteiger partial charge in [0.15, 0.2) is 0 Å². The molecule has 0 unspecified atom stereocenters. The Morgan fingerprint density at radius 3 is 2.56 bits per heavy atom. The molecule has 0 aromatic carbocycles. The van der Waals surface area contributed by atoms with E-state index in [0.29, 0.717) is 5.92 Å². The molecule has 88 valence electrons. The Morgan fingerprint density at radius 1 is 1.38 bits per heavy atom. The number of aromatic nitrogens is 1. The fourth-order valence-corrected chi connectivity index (χ4v) is 2.24. The summed E-state index contributed by atoms with van der Waals surface area (Å²) in [5, 5.41) is 0. The van der Waals surface area contributed by atoms with Gasteiger partial charge < -0.3 is 4.74 Å². The van der Waals surface area contributed by atoms with Gasteiger partial charge in [0.2, 0.25) is 5.88 Å². The second-order valence-corrected chi connectivity index (χ2v) is 4.55. The molecule has 0 radical (unpaired) electrons. The predicted molar refractivity (Wildman–Crippen MR) is 56.6 cm³/mol. The lowest BCUT2D eigenvalue weighted by molar-refractivity contribution is -0.0539. The van der Waals surface area contributed by atoms with Gasteiger partial charge >= 0.3 is 6.61 Å². The van der Waals surface area contributed by atoms with Crippen molar-refractivity contribution in [1.82, 2.24) is 4.98 Å². The maximum absolute atomic E-state index is 12.2. The van der Waals surface area contributed by atoms with Crippen LogP contribution in [0, 0.1) is 5.92 Å². The molecule has 1 aliphatic rings. The van der Waals surface area contributed by atoms with E-state index in [1.807, 2.05) is 6.07 Å². The molecule has 4 heteroatoms. The van der Waals surface area contributed by atoms with Gasteiger partial charge in [-0.3, -0.25) is 0 Å². The van der Waals surface area contributed by atoms with E-state index < -0.39 is 6.61 Å². The van der Waals surface area contributed by atoms with Crippen LogP contribution >= 0.6 is 0 Å². The SMILES string of the molecule is CC(C)C1(c2cccnc2OC(F)F)CC1. The Bertz CT molecular complexity index is 375. The van der Waals surface area contributed by atoms with Crippen molar-refractivity contribution in [2.24, 2.45) is 5.92 Å². The van der Waals surface area contributed by atoms with Gasteiger partial charge in [0.05, 0.1) is 0 Å². The Balaban J connectivity index is 2.33. The first-order chi connectivity index (χ1) is 7.56. The molecule has 0 spiro atoms. The second kappa shape index (κ2) is 4.00. The highest BCUT2D eigenvalue weighted by molar-refractivity contribution is 5.39. The van der Waals surface area contributed by atoms with Gasteiger partial charge in [0, 0.05) is 17.2 Å². The van der Waals surface area contributed by atoms with Gasteiger partial charge in [-0.25, -0.2) is 4.98 Å². The van der Waals surface area contributed by atoms with Crippen LogP contribution in [0.4, 0.5) is 8.78 Å². The van der Waals surface area contributed by atoms with E-state index in [2.05, 4.69) is 23.6 Å². The van der Waals surface area contributed by atoms with Gasteiger partial charge in [-0.1, -0.05) is 19.9 Å². The number of ether oxygens (including phenoxy) is 1. The summed E-state index contributed by atoms with van der Waals surface area (Å²) in [6.07, 6.45) is 3.53. The first-order valence-corrected chi connectivity index (χ1v) is 5.46. The van der Waals surface area contributed by atoms with Gasteiger partial charge in [-0.05, 0) is 24.8 Å². The average molecular weight is 227 g/mol. The molecule has 1 aliphatic carbocycles. The molecule has 1 saturated carbocycles. The fraction of sp³-hybridized carbons (Fsp3) is 0.583. The van der Waals surface area contributed by atoms with Crippen molar-refractivity contribution in [3.63, 3.8) is 0 Å². The van der Waals surface area contributed by atoms with Gasteiger partial charge in [0.1, 0.15) is 0 Å². The highest BCUT2D eigenvalue weighted by Gasteiger charge is 2.49. The molecule has 16 heavy (non-hydrogen) atoms. The normalized spacial score (nSPS) is 17.9. The predicted octanol–water partition coefficient (Wildman–Crippen LogP) is 3.37. The minimum atomic E-state index is -2.81. The maximum Gasteiger partial charge on any atom is 0.388 e. The van der Waals surface area contributed by atoms with Crippen LogP contribution in [0.2, 0.25) is 0 Å². The van der Waals surface area contributed by atoms with E-state index in [1.165, 1.54) is 6.20 Å². The van der Waals surface area contributed by atoms with E-state index in [1.54, 1.807) is 6.07 Å². The molecule has 0 saturated heterocycles. The molecule has 1 fully saturated rings. The maximum atomic E-state index is 12.2. The molecule has 1 heterocycles. The molecule has 0 amide bonds. The number of pyridine rings is 1. The van der Waals surface area contributed by atoms with E-state index in [4.69, 9.17) is 0 Å². The van der Waals surface area contributed by atoms with Crippen LogP contribution in [0.5, 0.6) is 5.88 Å². The third-order valence-corrected chi connectivity index (χ3v) is 3.40. The smallest absolute Gasteiger partial charge is 0.388 e. The van der Waals surface area contributed by atoms with Crippen molar-refractivity contribution >= 4 is 0 Å². The van der Waals surface area contributed by atoms with Gasteiger partial charge in [-0.2, -0.15) is 8.78 Å². The Labute approximate surface area is 93.6 Å². The standard InChI is InChI=1S/C12H15F2NO/c1-8(2)12(5-6-12)9-4-3-7-15-10(9)16-11(13)14/h3-4,7-8,11H,5-6H2,1-2H3. The monoisotopic (exact) mass is 227 g/mol. The van der Waals surface area contributed by atoms with Crippen LogP contribution in [0.1, 0.15) is 32.3 Å². The zero-order valence-electron chi connectivity index (χ0n) is 9.41. The summed E-state index contributed by atoms with van der Waals surface area (Å²) in [7, 11) is 0. The summed E-state index contributed by atoms with van der Waals surface area (Å²) in [6, 6.07) is 3.62. The molecule has 0 bridgehead atoms. The lowest BCUT2D eigenvalue weighted by Crippen LogP contribution is -2.18. The summed E-state index contributed by atoms with van der Waals surface area (Å²) >= 11 is 0. The van der Waals surface area contributed by atoms with Crippen LogP contribution in [-0.4, -0.2) is 11.6 Å². The van der Waals surface area contributed by atoms with Gasteiger partial charge in [0.25, 0.3) is 0 Å². The molecule has 0 N–H and O–H groups in total. The fourth-order valence-electron chi connectivity index (χ4n) is 2.24. The number of rotatable bonds is 4. The van der Waals surface area contributed by atoms with Gasteiger partial charge in [-0.15, -0.1) is 0 Å². The number of alkyl halides is 2. The third-order valence-electron chi connectivity index (χ3n) is 3.40. The van der Waals surface area contributed by atoms with Crippen molar-refractivity contribution in [3.05, 3.63) is 23.9 Å². The molecule has 1 aromatic rings. The first-order valence-electron chi connectivity index (χ1n) is 5.46. The molecular weight excluding hydrogens is 212 g/mol. The van der Waals surface area contributed by atoms with E-state index in [-0.39, 0.29) is 11.3 Å². The van der Waals surface area contributed by atoms with Crippen LogP contribution in [-0.2, 0) is 5.41 Å². The van der Waals surface area contributed by atoms with Crippen molar-refractivity contribution < 1.29 is 13.5 Å². The van der Waals surface area contributed by atoms with E-state index in [0.717, 1.165) is 18.4 Å². The lowest BCUT2D eigenvalue weighted by Gasteiger charge is -2.22. The highest BCUT2D eigenvalue weighted by Crippen LogP contribution is 2.55. The van der Waals surface area contributed by atoms with Crippen molar-refractivity contribution in [1.29, 1.82) is 0 Å². The number of hydrogen-bond donors (Lipinski definition) is 0. The average Bonchev–Trinajstić information content (AvgIpc) is 2.98. The highest BCUT2D eigenvalue weighted by atomic mass is 19.3. The second-order valence-electron chi connectivity index (χ2n) is 4.55. The zero-order valence-corrected chi connectivity index (χ0v) is 9.41. The van der Waals surface area contributed by atoms with E-state index in [9.17, 15) is 8.78 Å². The Kier molecular flexibility index (Phi) is 2.82. The lowest BCUT2D eigenvalue weighted by atomic mass is 9.85. The summed E-state index contributed by atoms with van der Waals surface area (Å²) in [5.41, 5.74) is 0.823. The quantitative estimate of drug-likeness (QED) is 0.786. The summed E-state index contributed by atoms with van der Waals surface area (Å²) in [5.74, 6) is 0.500. The zero-order chi connectivity index (χ0) is 11.8. The van der Waals surface area contributed by atoms with Crippen LogP contribution < -0.4 is 4.74 Å². The molecular formula is C12H15F2NO. The number of hydrogen-bond acceptors (Lipinski definition) is 2. The topological polar surface area (TPSA) is 22.1 Å². The third kappa shape index (κ3) is 1.88. The summed E-state index contributed by atoms with van der Waals surface area (Å²) in [6.45, 7) is 1.40. The van der Waals surface area contributed by atoms with Crippen LogP contribution in [0.3, 0.4) is 0 Å². The summed E-state index contributed by atoms with van der Waals surface area (Å²) < 4.78 is 29.0. The van der Waals surface area contributed by atoms with E-state index >= 15 is 0 Å². The van der Waals surface area contributed by atoms with Crippen molar-refractivity contribution in [3.8, 4) is 5.88 Å². The largest absolute Gasteiger partial charge is 0.417 e. The van der Waals surface area contributed by atoms with Crippen molar-refractivity contribution in [2.45, 2.75) is 38.7 Å². The van der Waals surface area contributed by atoms with Crippen molar-refractivity contribution in [2.75, 3.05) is 0 Å². The molecule has 2 nitrogen and oxygen atoms in total. The Hall–Kier alpha value is -1.19. The number of nitrogens with zero attached hydrogens (tertiary/aromatic N) is 1. The molecule has 0 atom stereocenters. The summed E-state index contributed by atoms with van der Waals surface area (Å²) in [4.78, 5) is 3.91. The van der Waals surface area contributed by atoms with Crippen LogP contribution in [0.25, 0.3) is 0 Å². The number of halogens is 2. The Morgan fingerprint density at radius 2 is 2.06 bits per heavy atom. The van der Waals surface area contributed by atoms with Crippen LogP contribution in [0.15, 0.2) is 18.3 Å². The minimum absolute atomic E-state index is 0.00150. The molecule has 1 aromatic heterocycles. The minimum Gasteiger partial charge on any atom is -0.417 e. The molecule has 0 aliphatic heterocycles. The molecule has 2 rings (SSSR count).